The lowest BCUT2D eigenvalue weighted by Crippen LogP contribution is -2.42. The van der Waals surface area contributed by atoms with Crippen LogP contribution >= 0.6 is 0 Å². The van der Waals surface area contributed by atoms with Crippen LogP contribution < -0.4 is 0 Å². The van der Waals surface area contributed by atoms with Crippen molar-refractivity contribution in [3.63, 3.8) is 0 Å². The standard InChI is InChI=1S/C12H16N2O5/c15-5-8(16)9(17)10(18)11(19)12-13-6-3-1-2-4-7(6)14-12/h1-4,8-11,15-19H,5H2,(H,13,14)/t8-,9-,10+,11-/m1/s1. The predicted octanol–water partition coefficient (Wildman–Crippen LogP) is -1.33. The van der Waals surface area contributed by atoms with Gasteiger partial charge in [-0.15, -0.1) is 0 Å². The van der Waals surface area contributed by atoms with E-state index >= 15 is 0 Å². The van der Waals surface area contributed by atoms with Crippen molar-refractivity contribution in [1.82, 2.24) is 9.97 Å². The SMILES string of the molecule is OC[C@@H](O)[C@@H](O)[C@H](O)[C@@H](O)c1nc2ccccc2[nH]1. The summed E-state index contributed by atoms with van der Waals surface area (Å²) < 4.78 is 0. The maximum Gasteiger partial charge on any atom is 0.140 e. The molecule has 1 aromatic heterocycles. The Bertz CT molecular complexity index is 511. The van der Waals surface area contributed by atoms with Crippen molar-refractivity contribution in [1.29, 1.82) is 0 Å². The highest BCUT2D eigenvalue weighted by atomic mass is 16.4. The van der Waals surface area contributed by atoms with Gasteiger partial charge in [0.25, 0.3) is 0 Å². The molecule has 1 aromatic carbocycles. The fourth-order valence-corrected chi connectivity index (χ4v) is 1.80. The number of aromatic nitrogens is 2. The Morgan fingerprint density at radius 2 is 1.74 bits per heavy atom. The zero-order valence-electron chi connectivity index (χ0n) is 10.0. The number of nitrogens with one attached hydrogen (secondary N) is 1. The maximum atomic E-state index is 9.91. The summed E-state index contributed by atoms with van der Waals surface area (Å²) >= 11 is 0. The van der Waals surface area contributed by atoms with E-state index in [9.17, 15) is 20.4 Å². The number of aliphatic hydroxyl groups is 5. The van der Waals surface area contributed by atoms with Gasteiger partial charge in [0, 0.05) is 0 Å². The van der Waals surface area contributed by atoms with E-state index < -0.39 is 31.0 Å². The predicted molar refractivity (Wildman–Crippen MR) is 66.2 cm³/mol. The van der Waals surface area contributed by atoms with Crippen LogP contribution in [-0.4, -0.2) is 60.4 Å². The third kappa shape index (κ3) is 2.75. The minimum Gasteiger partial charge on any atom is -0.394 e. The number of fused-ring (bicyclic) bond motifs is 1. The zero-order valence-corrected chi connectivity index (χ0v) is 10.0. The number of hydrogen-bond acceptors (Lipinski definition) is 6. The van der Waals surface area contributed by atoms with Gasteiger partial charge in [-0.25, -0.2) is 4.98 Å². The van der Waals surface area contributed by atoms with Crippen LogP contribution in [0, 0.1) is 0 Å². The number of hydrogen-bond donors (Lipinski definition) is 6. The van der Waals surface area contributed by atoms with Crippen LogP contribution in [0.25, 0.3) is 11.0 Å². The largest absolute Gasteiger partial charge is 0.394 e. The molecular weight excluding hydrogens is 252 g/mol. The summed E-state index contributed by atoms with van der Waals surface area (Å²) in [6.45, 7) is -0.717. The number of nitrogens with zero attached hydrogens (tertiary/aromatic N) is 1. The summed E-state index contributed by atoms with van der Waals surface area (Å²) in [5, 5.41) is 47.1. The lowest BCUT2D eigenvalue weighted by Gasteiger charge is -2.24. The Kier molecular flexibility index (Phi) is 4.13. The number of aliphatic hydroxyl groups excluding tert-OH is 5. The van der Waals surface area contributed by atoms with Gasteiger partial charge in [0.1, 0.15) is 30.2 Å². The second-order valence-electron chi connectivity index (χ2n) is 4.32. The molecule has 0 aliphatic carbocycles. The number of H-pyrrole nitrogens is 1. The molecule has 7 heteroatoms. The van der Waals surface area contributed by atoms with Crippen molar-refractivity contribution in [3.8, 4) is 0 Å². The molecule has 0 spiro atoms. The number of para-hydroxylation sites is 2. The van der Waals surface area contributed by atoms with Crippen molar-refractivity contribution in [2.24, 2.45) is 0 Å². The van der Waals surface area contributed by atoms with Crippen molar-refractivity contribution < 1.29 is 25.5 Å². The van der Waals surface area contributed by atoms with Crippen LogP contribution in [0.1, 0.15) is 11.9 Å². The Morgan fingerprint density at radius 1 is 1.05 bits per heavy atom. The third-order valence-electron chi connectivity index (χ3n) is 2.94. The van der Waals surface area contributed by atoms with E-state index in [-0.39, 0.29) is 5.82 Å². The Balaban J connectivity index is 2.20. The molecule has 0 bridgehead atoms. The first-order valence-electron chi connectivity index (χ1n) is 5.82. The van der Waals surface area contributed by atoms with E-state index in [0.717, 1.165) is 0 Å². The number of benzene rings is 1. The lowest BCUT2D eigenvalue weighted by atomic mass is 10.0. The van der Waals surface area contributed by atoms with Gasteiger partial charge >= 0.3 is 0 Å². The highest BCUT2D eigenvalue weighted by Crippen LogP contribution is 2.21. The van der Waals surface area contributed by atoms with Crippen molar-refractivity contribution >= 4 is 11.0 Å². The molecule has 19 heavy (non-hydrogen) atoms. The van der Waals surface area contributed by atoms with Gasteiger partial charge in [0.05, 0.1) is 17.6 Å². The van der Waals surface area contributed by atoms with Gasteiger partial charge in [-0.2, -0.15) is 0 Å². The van der Waals surface area contributed by atoms with Crippen LogP contribution in [0.2, 0.25) is 0 Å². The highest BCUT2D eigenvalue weighted by Gasteiger charge is 2.32. The summed E-state index contributed by atoms with van der Waals surface area (Å²) in [6.07, 6.45) is -6.37. The molecule has 0 fully saturated rings. The van der Waals surface area contributed by atoms with Gasteiger partial charge < -0.3 is 30.5 Å². The van der Waals surface area contributed by atoms with Crippen LogP contribution in [-0.2, 0) is 0 Å². The number of rotatable bonds is 5. The smallest absolute Gasteiger partial charge is 0.140 e. The van der Waals surface area contributed by atoms with Crippen molar-refractivity contribution in [2.45, 2.75) is 24.4 Å². The summed E-state index contributed by atoms with van der Waals surface area (Å²) in [5.41, 5.74) is 1.29. The third-order valence-corrected chi connectivity index (χ3v) is 2.94. The van der Waals surface area contributed by atoms with E-state index in [0.29, 0.717) is 11.0 Å². The average molecular weight is 268 g/mol. The number of imidazole rings is 1. The summed E-state index contributed by atoms with van der Waals surface area (Å²) in [6, 6.07) is 7.05. The Morgan fingerprint density at radius 3 is 2.37 bits per heavy atom. The second kappa shape index (κ2) is 5.64. The molecule has 2 aromatic rings. The topological polar surface area (TPSA) is 130 Å². The lowest BCUT2D eigenvalue weighted by molar-refractivity contribution is -0.117. The Labute approximate surface area is 108 Å². The zero-order chi connectivity index (χ0) is 14.0. The van der Waals surface area contributed by atoms with E-state index in [1.807, 2.05) is 0 Å². The molecule has 7 nitrogen and oxygen atoms in total. The van der Waals surface area contributed by atoms with Gasteiger partial charge in [-0.05, 0) is 12.1 Å². The molecule has 0 unspecified atom stereocenters. The Hall–Kier alpha value is -1.51. The normalized spacial score (nSPS) is 18.2. The van der Waals surface area contributed by atoms with Crippen molar-refractivity contribution in [2.75, 3.05) is 6.61 Å². The highest BCUT2D eigenvalue weighted by molar-refractivity contribution is 5.74. The van der Waals surface area contributed by atoms with E-state index in [4.69, 9.17) is 5.11 Å². The molecule has 0 saturated heterocycles. The van der Waals surface area contributed by atoms with Crippen LogP contribution in [0.3, 0.4) is 0 Å². The van der Waals surface area contributed by atoms with Crippen LogP contribution in [0.15, 0.2) is 24.3 Å². The molecule has 0 radical (unpaired) electrons. The van der Waals surface area contributed by atoms with Gasteiger partial charge in [-0.3, -0.25) is 0 Å². The van der Waals surface area contributed by atoms with E-state index in [1.165, 1.54) is 0 Å². The molecule has 2 rings (SSSR count). The van der Waals surface area contributed by atoms with Crippen LogP contribution in [0.5, 0.6) is 0 Å². The summed E-state index contributed by atoms with van der Waals surface area (Å²) in [4.78, 5) is 6.89. The first-order valence-corrected chi connectivity index (χ1v) is 5.82. The van der Waals surface area contributed by atoms with Gasteiger partial charge in [0.2, 0.25) is 0 Å². The molecule has 0 saturated carbocycles. The first kappa shape index (κ1) is 13.9. The monoisotopic (exact) mass is 268 g/mol. The molecular formula is C12H16N2O5. The molecule has 6 N–H and O–H groups in total. The first-order chi connectivity index (χ1) is 9.04. The average Bonchev–Trinajstić information content (AvgIpc) is 2.87. The molecule has 0 aliphatic rings. The van der Waals surface area contributed by atoms with E-state index in [2.05, 4.69) is 9.97 Å². The van der Waals surface area contributed by atoms with Gasteiger partial charge in [0.15, 0.2) is 0 Å². The second-order valence-corrected chi connectivity index (χ2v) is 4.32. The molecule has 0 aliphatic heterocycles. The fourth-order valence-electron chi connectivity index (χ4n) is 1.80. The quantitative estimate of drug-likeness (QED) is 0.398. The summed E-state index contributed by atoms with van der Waals surface area (Å²) in [7, 11) is 0. The van der Waals surface area contributed by atoms with Gasteiger partial charge in [-0.1, -0.05) is 12.1 Å². The fraction of sp³-hybridized carbons (Fsp3) is 0.417. The van der Waals surface area contributed by atoms with Crippen molar-refractivity contribution in [3.05, 3.63) is 30.1 Å². The number of aromatic amines is 1. The molecule has 0 amide bonds. The molecule has 4 atom stereocenters. The minimum absolute atomic E-state index is 0.0814. The molecule has 1 heterocycles. The molecule has 104 valence electrons. The van der Waals surface area contributed by atoms with E-state index in [1.54, 1.807) is 24.3 Å². The summed E-state index contributed by atoms with van der Waals surface area (Å²) in [5.74, 6) is 0.0814. The van der Waals surface area contributed by atoms with Crippen LogP contribution in [0.4, 0.5) is 0 Å². The maximum absolute atomic E-state index is 9.91. The minimum atomic E-state index is -1.67.